The summed E-state index contributed by atoms with van der Waals surface area (Å²) in [5.74, 6) is 0.512. The van der Waals surface area contributed by atoms with Gasteiger partial charge in [0.15, 0.2) is 0 Å². The Morgan fingerprint density at radius 3 is 2.56 bits per heavy atom. The van der Waals surface area contributed by atoms with Crippen LogP contribution >= 0.6 is 0 Å². The summed E-state index contributed by atoms with van der Waals surface area (Å²) >= 11 is 0. The number of nitrogens with zero attached hydrogens (tertiary/aromatic N) is 6. The first-order valence-electron chi connectivity index (χ1n) is 11.3. The lowest BCUT2D eigenvalue weighted by Crippen LogP contribution is -2.25. The Balaban J connectivity index is 1.60. The van der Waals surface area contributed by atoms with Crippen molar-refractivity contribution in [3.63, 3.8) is 0 Å². The van der Waals surface area contributed by atoms with Crippen LogP contribution in [0.15, 0.2) is 53.6 Å². The van der Waals surface area contributed by atoms with Crippen molar-refractivity contribution in [2.24, 2.45) is 0 Å². The molecule has 0 unspecified atom stereocenters. The molecule has 0 saturated heterocycles. The molecule has 1 N–H and O–H groups in total. The van der Waals surface area contributed by atoms with E-state index < -0.39 is 0 Å². The number of benzene rings is 1. The third kappa shape index (κ3) is 4.69. The predicted molar refractivity (Wildman–Crippen MR) is 124 cm³/mol. The van der Waals surface area contributed by atoms with Crippen molar-refractivity contribution in [3.8, 4) is 22.6 Å². The Morgan fingerprint density at radius 1 is 1.03 bits per heavy atom. The molecule has 0 amide bonds. The SMILES string of the molecule is CCCCc1cn(CCCC)c(=O)n1Cc1ccc(-c2ncccc2-c2nn[nH]n2)cc1. The second-order valence-electron chi connectivity index (χ2n) is 7.97. The first-order valence-corrected chi connectivity index (χ1v) is 11.3. The van der Waals surface area contributed by atoms with Gasteiger partial charge < -0.3 is 0 Å². The fourth-order valence-corrected chi connectivity index (χ4v) is 3.84. The second-order valence-corrected chi connectivity index (χ2v) is 7.97. The largest absolute Gasteiger partial charge is 0.328 e. The number of imidazole rings is 1. The topological polar surface area (TPSA) is 94.3 Å². The zero-order valence-electron chi connectivity index (χ0n) is 18.7. The van der Waals surface area contributed by atoms with Crippen LogP contribution < -0.4 is 5.69 Å². The Kier molecular flexibility index (Phi) is 6.89. The summed E-state index contributed by atoms with van der Waals surface area (Å²) in [6.07, 6.45) is 9.00. The minimum Gasteiger partial charge on any atom is -0.299 e. The van der Waals surface area contributed by atoms with E-state index in [9.17, 15) is 4.79 Å². The maximum Gasteiger partial charge on any atom is 0.328 e. The van der Waals surface area contributed by atoms with Gasteiger partial charge in [0, 0.05) is 35.8 Å². The Bertz CT molecular complexity index is 1190. The van der Waals surface area contributed by atoms with Gasteiger partial charge in [-0.3, -0.25) is 14.1 Å². The van der Waals surface area contributed by atoms with E-state index in [4.69, 9.17) is 0 Å². The van der Waals surface area contributed by atoms with E-state index in [0.29, 0.717) is 12.4 Å². The number of unbranched alkanes of at least 4 members (excludes halogenated alkanes) is 2. The number of aromatic nitrogens is 7. The van der Waals surface area contributed by atoms with Gasteiger partial charge in [0.05, 0.1) is 12.2 Å². The molecule has 3 aromatic heterocycles. The molecule has 32 heavy (non-hydrogen) atoms. The number of tetrazole rings is 1. The minimum atomic E-state index is 0.0812. The highest BCUT2D eigenvalue weighted by molar-refractivity contribution is 5.76. The van der Waals surface area contributed by atoms with Crippen molar-refractivity contribution in [1.29, 1.82) is 0 Å². The van der Waals surface area contributed by atoms with E-state index in [0.717, 1.165) is 66.7 Å². The van der Waals surface area contributed by atoms with Crippen molar-refractivity contribution in [2.75, 3.05) is 0 Å². The highest BCUT2D eigenvalue weighted by atomic mass is 16.1. The molecule has 0 radical (unpaired) electrons. The van der Waals surface area contributed by atoms with Gasteiger partial charge in [0.25, 0.3) is 0 Å². The van der Waals surface area contributed by atoms with Crippen LogP contribution in [0.4, 0.5) is 0 Å². The number of pyridine rings is 1. The highest BCUT2D eigenvalue weighted by Crippen LogP contribution is 2.27. The monoisotopic (exact) mass is 431 g/mol. The van der Waals surface area contributed by atoms with Gasteiger partial charge in [-0.2, -0.15) is 5.21 Å². The molecule has 166 valence electrons. The van der Waals surface area contributed by atoms with Crippen molar-refractivity contribution in [1.82, 2.24) is 34.7 Å². The Morgan fingerprint density at radius 2 is 1.84 bits per heavy atom. The molecule has 1 aromatic carbocycles. The molecule has 0 saturated carbocycles. The summed E-state index contributed by atoms with van der Waals surface area (Å²) in [6, 6.07) is 12.0. The molecule has 8 heteroatoms. The number of H-pyrrole nitrogens is 1. The molecule has 0 aliphatic carbocycles. The summed E-state index contributed by atoms with van der Waals surface area (Å²) < 4.78 is 3.79. The van der Waals surface area contributed by atoms with Crippen molar-refractivity contribution >= 4 is 0 Å². The van der Waals surface area contributed by atoms with E-state index in [2.05, 4.69) is 51.6 Å². The first kappa shape index (κ1) is 21.7. The molecule has 0 aliphatic heterocycles. The Hall–Kier alpha value is -3.55. The Labute approximate surface area is 187 Å². The normalized spacial score (nSPS) is 11.2. The van der Waals surface area contributed by atoms with Gasteiger partial charge in [-0.25, -0.2) is 4.79 Å². The summed E-state index contributed by atoms with van der Waals surface area (Å²) in [5, 5.41) is 14.3. The van der Waals surface area contributed by atoms with E-state index in [1.54, 1.807) is 6.20 Å². The van der Waals surface area contributed by atoms with Crippen LogP contribution in [0.5, 0.6) is 0 Å². The lowest BCUT2D eigenvalue weighted by molar-refractivity contribution is 0.591. The number of hydrogen-bond acceptors (Lipinski definition) is 5. The molecule has 3 heterocycles. The molecule has 0 atom stereocenters. The van der Waals surface area contributed by atoms with Crippen molar-refractivity contribution in [2.45, 2.75) is 59.0 Å². The van der Waals surface area contributed by atoms with Crippen LogP contribution in [0.25, 0.3) is 22.6 Å². The summed E-state index contributed by atoms with van der Waals surface area (Å²) in [5.41, 5.74) is 4.86. The zero-order chi connectivity index (χ0) is 22.3. The van der Waals surface area contributed by atoms with Crippen LogP contribution in [-0.4, -0.2) is 34.7 Å². The number of aromatic amines is 1. The van der Waals surface area contributed by atoms with E-state index in [1.165, 1.54) is 0 Å². The van der Waals surface area contributed by atoms with Gasteiger partial charge in [-0.15, -0.1) is 10.2 Å². The molecule has 8 nitrogen and oxygen atoms in total. The molecule has 0 fully saturated rings. The van der Waals surface area contributed by atoms with E-state index >= 15 is 0 Å². The molecule has 0 aliphatic rings. The maximum atomic E-state index is 13.0. The van der Waals surface area contributed by atoms with Crippen LogP contribution in [0, 0.1) is 0 Å². The third-order valence-electron chi connectivity index (χ3n) is 5.63. The molecular formula is C24H29N7O. The lowest BCUT2D eigenvalue weighted by Gasteiger charge is -2.09. The maximum absolute atomic E-state index is 13.0. The standard InChI is InChI=1S/C24H29N7O/c1-3-5-8-20-17-30(15-6-4-2)24(32)31(20)16-18-10-12-19(13-11-18)22-21(9-7-14-25-22)23-26-28-29-27-23/h7,9-14,17H,3-6,8,15-16H2,1-2H3,(H,26,27,28,29). The molecule has 0 spiro atoms. The third-order valence-corrected chi connectivity index (χ3v) is 5.63. The quantitative estimate of drug-likeness (QED) is 0.408. The second kappa shape index (κ2) is 10.2. The average molecular weight is 432 g/mol. The summed E-state index contributed by atoms with van der Waals surface area (Å²) in [7, 11) is 0. The number of rotatable bonds is 10. The first-order chi connectivity index (χ1) is 15.7. The van der Waals surface area contributed by atoms with Crippen LogP contribution in [0.1, 0.15) is 50.8 Å². The van der Waals surface area contributed by atoms with Gasteiger partial charge in [-0.05, 0) is 42.2 Å². The predicted octanol–water partition coefficient (Wildman–Crippen LogP) is 4.08. The van der Waals surface area contributed by atoms with Crippen LogP contribution in [-0.2, 0) is 19.5 Å². The molecule has 0 bridgehead atoms. The fourth-order valence-electron chi connectivity index (χ4n) is 3.84. The fraction of sp³-hybridized carbons (Fsp3) is 0.375. The van der Waals surface area contributed by atoms with Crippen molar-refractivity contribution < 1.29 is 0 Å². The van der Waals surface area contributed by atoms with Crippen LogP contribution in [0.3, 0.4) is 0 Å². The molecular weight excluding hydrogens is 402 g/mol. The average Bonchev–Trinajstić information content (AvgIpc) is 3.46. The number of hydrogen-bond donors (Lipinski definition) is 1. The molecule has 4 rings (SSSR count). The van der Waals surface area contributed by atoms with E-state index in [1.807, 2.05) is 39.6 Å². The van der Waals surface area contributed by atoms with Gasteiger partial charge in [0.1, 0.15) is 0 Å². The molecule has 4 aromatic rings. The number of aryl methyl sites for hydroxylation is 2. The van der Waals surface area contributed by atoms with E-state index in [-0.39, 0.29) is 5.69 Å². The minimum absolute atomic E-state index is 0.0812. The smallest absolute Gasteiger partial charge is 0.299 e. The summed E-state index contributed by atoms with van der Waals surface area (Å²) in [6.45, 7) is 5.67. The highest BCUT2D eigenvalue weighted by Gasteiger charge is 2.14. The van der Waals surface area contributed by atoms with Gasteiger partial charge in [0.2, 0.25) is 5.82 Å². The van der Waals surface area contributed by atoms with Crippen LogP contribution in [0.2, 0.25) is 0 Å². The summed E-state index contributed by atoms with van der Waals surface area (Å²) in [4.78, 5) is 17.6. The van der Waals surface area contributed by atoms with Crippen molar-refractivity contribution in [3.05, 3.63) is 70.5 Å². The zero-order valence-corrected chi connectivity index (χ0v) is 18.7. The van der Waals surface area contributed by atoms with Gasteiger partial charge >= 0.3 is 5.69 Å². The number of nitrogens with one attached hydrogen (secondary N) is 1. The van der Waals surface area contributed by atoms with Gasteiger partial charge in [-0.1, -0.05) is 51.0 Å². The lowest BCUT2D eigenvalue weighted by atomic mass is 10.0.